The maximum absolute atomic E-state index is 14.6. The van der Waals surface area contributed by atoms with Crippen molar-refractivity contribution in [3.05, 3.63) is 90.8 Å². The Hall–Kier alpha value is -3.00. The molecule has 0 N–H and O–H groups in total. The van der Waals surface area contributed by atoms with Gasteiger partial charge in [-0.05, 0) is 176 Å². The van der Waals surface area contributed by atoms with Gasteiger partial charge >= 0.3 is 60.1 Å². The molecule has 8 rings (SSSR count). The first-order valence-corrected chi connectivity index (χ1v) is 75.9. The van der Waals surface area contributed by atoms with Gasteiger partial charge in [0.2, 0.25) is 0 Å². The Kier molecular flexibility index (Phi) is 64.0. The minimum atomic E-state index is -1.70. The number of hydrogen-bond acceptors (Lipinski definition) is 19. The average molecular weight is 2160 g/mol. The third-order valence-electron chi connectivity index (χ3n) is 22.0. The summed E-state index contributed by atoms with van der Waals surface area (Å²) in [5.74, 6) is -2.25. The van der Waals surface area contributed by atoms with Gasteiger partial charge in [0.25, 0.3) is 11.1 Å². The number of nitrogens with zero attached hydrogens (tertiary/aromatic N) is 1. The standard InChI is InChI=1S/C34H57NO2S2Si2.C28H44O3S2Si2.C26H44Br2S2Si2.2C4H6O3.C4H9.CO2.2CH4.Li/c1-10-13-16-19-22-25-27-29(38-33(25)40(4,5)6)30-28(32(37)35(31(27)36)24-21-18-15-12-3)26(23-20-17-14-11-2)34(39-30)41(7,8)9;1-9-11-13-15-17-19-21-23(32-27(19)34(3,4)5)24-22(26(30)31-25(21)29)20(18-16-14-12-10-2)28(33-24)35(6,7)8;1-9-11-13-15-17-19-21(27)23(29-25(19)31(3,4)5)24-22(28)20(18-16-14-12-10-2)26(30-24)32(6,7)8;2*1-3(5)7-4(2)6;1-3-4-2;2-1-3;;;/h10-24H2,1-9H3;9-18H2,1-8H3;9-18H2,1-8H3;2*1-2H3;1,3-4H2,2H3;;2*1H4;/q;;;;;-1;;;;+1. The molecule has 744 valence electrons. The molecule has 132 heavy (non-hydrogen) atoms. The molecule has 0 unspecified atom stereocenters. The van der Waals surface area contributed by atoms with E-state index in [-0.39, 0.29) is 51.0 Å². The number of esters is 4. The molecule has 14 nitrogen and oxygen atoms in total. The SMILES string of the molecule is C.C.CC(=O)OC(C)=O.CC(=O)OC(C)=O.CCCCCCc1c([Si](C)(C)C)sc(-c2sc([Si](C)(C)C)c(CCCCCC)c2Br)c1Br.CCCCCCc1c([Si](C)(C)C)sc2c1c(=O)n(CCCCCC)c(=O)c1c(CCCCCC)c([Si](C)(C)C)sc12.CCCCCCc1c([Si](C)(C)C)sc2c1c(=O)oc(=O)c1c(CCCCCC)c([Si](C)(C)C)sc12.O=C=O.[CH2-]CCC.[Li+]. The zero-order chi connectivity index (χ0) is 98.3. The topological polar surface area (TPSA) is 207 Å². The van der Waals surface area contributed by atoms with E-state index in [1.165, 1.54) is 234 Å². The first kappa shape index (κ1) is 131. The van der Waals surface area contributed by atoms with Crippen LogP contribution in [0.1, 0.15) is 324 Å². The molecule has 8 heterocycles. The Morgan fingerprint density at radius 1 is 0.326 bits per heavy atom. The zero-order valence-electron chi connectivity index (χ0n) is 86.3. The molecule has 29 heteroatoms. The molecule has 0 spiro atoms. The van der Waals surface area contributed by atoms with E-state index in [1.807, 2.05) is 22.7 Å². The summed E-state index contributed by atoms with van der Waals surface area (Å²) in [6.07, 6.45) is 42.5. The summed E-state index contributed by atoms with van der Waals surface area (Å²) in [5, 5.41) is 3.20. The molecular formula is C103H174Br2LiNO13S6Si6. The molecule has 0 bridgehead atoms. The number of halogens is 2. The Balaban J connectivity index is 0. The Bertz CT molecular complexity index is 4820. The van der Waals surface area contributed by atoms with Gasteiger partial charge in [0.05, 0.1) is 98.5 Å². The number of carbonyl (C=O) groups is 4. The fraction of sp³-hybridized carbons (Fsp3) is 0.670. The normalized spacial score (nSPS) is 11.5. The number of hydrogen-bond donors (Lipinski definition) is 0. The summed E-state index contributed by atoms with van der Waals surface area (Å²) in [4.78, 5) is 114. The van der Waals surface area contributed by atoms with Crippen LogP contribution in [-0.2, 0) is 83.3 Å². The molecule has 0 radical (unpaired) electrons. The molecule has 8 aromatic rings. The van der Waals surface area contributed by atoms with Crippen molar-refractivity contribution in [2.45, 2.75) is 453 Å². The molecule has 8 aromatic heterocycles. The number of aryl methyl sites for hydroxylation is 4. The second kappa shape index (κ2) is 64.4. The van der Waals surface area contributed by atoms with E-state index in [2.05, 4.69) is 244 Å². The van der Waals surface area contributed by atoms with Crippen molar-refractivity contribution in [3.8, 4) is 9.75 Å². The van der Waals surface area contributed by atoms with Gasteiger partial charge in [0, 0.05) is 43.2 Å². The Morgan fingerprint density at radius 3 is 0.705 bits per heavy atom. The molecule has 0 amide bonds. The summed E-state index contributed by atoms with van der Waals surface area (Å²) >= 11 is 19.8. The van der Waals surface area contributed by atoms with E-state index in [0.717, 1.165) is 113 Å². The molecule has 0 aliphatic carbocycles. The van der Waals surface area contributed by atoms with Gasteiger partial charge in [-0.2, -0.15) is 16.0 Å². The molecule has 0 aliphatic heterocycles. The van der Waals surface area contributed by atoms with Gasteiger partial charge in [-0.15, -0.1) is 68.0 Å². The van der Waals surface area contributed by atoms with Crippen molar-refractivity contribution in [1.82, 2.24) is 4.57 Å². The van der Waals surface area contributed by atoms with Gasteiger partial charge in [0.1, 0.15) is 0 Å². The molecular weight excluding hydrogens is 1990 g/mol. The van der Waals surface area contributed by atoms with Crippen LogP contribution in [0.25, 0.3) is 50.1 Å². The van der Waals surface area contributed by atoms with Crippen LogP contribution in [0.5, 0.6) is 0 Å². The summed E-state index contributed by atoms with van der Waals surface area (Å²) in [6, 6.07) is 0. The van der Waals surface area contributed by atoms with Crippen molar-refractivity contribution in [1.29, 1.82) is 0 Å². The van der Waals surface area contributed by atoms with Crippen LogP contribution in [0.4, 0.5) is 0 Å². The summed E-state index contributed by atoms with van der Waals surface area (Å²) < 4.78 is 31.5. The van der Waals surface area contributed by atoms with Crippen LogP contribution in [0.2, 0.25) is 118 Å². The molecule has 0 aliphatic rings. The van der Waals surface area contributed by atoms with Crippen LogP contribution in [-0.4, -0.2) is 83.0 Å². The van der Waals surface area contributed by atoms with Crippen LogP contribution in [0.15, 0.2) is 32.5 Å². The molecule has 0 aromatic carbocycles. The van der Waals surface area contributed by atoms with Gasteiger partial charge in [0.15, 0.2) is 0 Å². The maximum Gasteiger partial charge on any atom is 1.00 e. The van der Waals surface area contributed by atoms with E-state index in [0.29, 0.717) is 17.3 Å². The third kappa shape index (κ3) is 41.7. The van der Waals surface area contributed by atoms with Gasteiger partial charge < -0.3 is 20.8 Å². The van der Waals surface area contributed by atoms with E-state index >= 15 is 0 Å². The van der Waals surface area contributed by atoms with Crippen molar-refractivity contribution >= 4 is 246 Å². The Labute approximate surface area is 857 Å². The predicted octanol–water partition coefficient (Wildman–Crippen LogP) is 27.2. The van der Waals surface area contributed by atoms with Crippen molar-refractivity contribution in [3.63, 3.8) is 0 Å². The first-order chi connectivity index (χ1) is 60.3. The smallest absolute Gasteiger partial charge is 0.394 e. The van der Waals surface area contributed by atoms with Gasteiger partial charge in [-0.1, -0.05) is 329 Å². The van der Waals surface area contributed by atoms with E-state index in [9.17, 15) is 38.4 Å². The molecule has 0 atom stereocenters. The van der Waals surface area contributed by atoms with E-state index in [1.54, 1.807) is 47.4 Å². The van der Waals surface area contributed by atoms with Gasteiger partial charge in [-0.3, -0.25) is 33.3 Å². The van der Waals surface area contributed by atoms with Crippen LogP contribution < -0.4 is 68.2 Å². The zero-order valence-corrected chi connectivity index (χ0v) is 100. The second-order valence-electron chi connectivity index (χ2n) is 40.5. The average Bonchev–Trinajstić information content (AvgIpc) is 1.58. The number of rotatable bonds is 43. The Morgan fingerprint density at radius 2 is 0.515 bits per heavy atom. The number of aromatic nitrogens is 1. The summed E-state index contributed by atoms with van der Waals surface area (Å²) in [6.45, 7) is 70.6. The van der Waals surface area contributed by atoms with Crippen LogP contribution >= 0.6 is 99.9 Å². The number of thiophene rings is 6. The molecule has 0 saturated heterocycles. The van der Waals surface area contributed by atoms with Crippen molar-refractivity contribution < 1.29 is 61.5 Å². The fourth-order valence-corrected chi connectivity index (χ4v) is 41.3. The van der Waals surface area contributed by atoms with Crippen molar-refractivity contribution in [2.24, 2.45) is 0 Å². The summed E-state index contributed by atoms with van der Waals surface area (Å²) in [5.41, 5.74) is 7.31. The quantitative estimate of drug-likeness (QED) is 0.0115. The van der Waals surface area contributed by atoms with Crippen LogP contribution in [0, 0.1) is 6.92 Å². The van der Waals surface area contributed by atoms with E-state index < -0.39 is 83.6 Å². The minimum absolute atomic E-state index is 0. The third-order valence-corrected chi connectivity index (χ3v) is 53.9. The number of ether oxygens (including phenoxy) is 2. The number of fused-ring (bicyclic) bond motifs is 6. The van der Waals surface area contributed by atoms with Crippen LogP contribution in [0.3, 0.4) is 0 Å². The monoisotopic (exact) mass is 2160 g/mol. The fourth-order valence-electron chi connectivity index (χ4n) is 15.8. The van der Waals surface area contributed by atoms with Gasteiger partial charge in [-0.25, -0.2) is 9.59 Å². The minimum Gasteiger partial charge on any atom is -0.394 e. The van der Waals surface area contributed by atoms with E-state index in [4.69, 9.17) is 14.0 Å². The largest absolute Gasteiger partial charge is 1.00 e. The van der Waals surface area contributed by atoms with Crippen molar-refractivity contribution in [2.75, 3.05) is 0 Å². The number of carbonyl (C=O) groups excluding carboxylic acids is 6. The molecule has 0 saturated carbocycles. The predicted molar refractivity (Wildman–Crippen MR) is 606 cm³/mol. The summed E-state index contributed by atoms with van der Waals surface area (Å²) in [7, 11) is -9.55. The molecule has 0 fully saturated rings. The number of unbranched alkanes of at least 4 members (excludes halogenated alkanes) is 22. The first-order valence-electron chi connectivity index (χ1n) is 48.4. The maximum atomic E-state index is 14.6. The second-order valence-corrected chi connectivity index (χ2v) is 80.4.